The summed E-state index contributed by atoms with van der Waals surface area (Å²) >= 11 is 0. The average molecular weight is 231 g/mol. The third-order valence-corrected chi connectivity index (χ3v) is 2.75. The van der Waals surface area contributed by atoms with Crippen LogP contribution in [0.5, 0.6) is 5.75 Å². The van der Waals surface area contributed by atoms with E-state index >= 15 is 0 Å². The van der Waals surface area contributed by atoms with Crippen molar-refractivity contribution in [2.45, 2.75) is 13.5 Å². The number of hydrogen-bond donors (Lipinski definition) is 1. The van der Waals surface area contributed by atoms with Gasteiger partial charge < -0.3 is 10.5 Å². The van der Waals surface area contributed by atoms with E-state index in [1.54, 1.807) is 7.11 Å². The van der Waals surface area contributed by atoms with Crippen LogP contribution in [0.15, 0.2) is 30.6 Å². The van der Waals surface area contributed by atoms with Crippen LogP contribution >= 0.6 is 0 Å². The molecule has 90 valence electrons. The number of rotatable bonds is 4. The van der Waals surface area contributed by atoms with Crippen molar-refractivity contribution in [3.63, 3.8) is 0 Å². The molecule has 0 radical (unpaired) electrons. The van der Waals surface area contributed by atoms with Crippen LogP contribution in [0, 0.1) is 6.92 Å². The maximum Gasteiger partial charge on any atom is 0.119 e. The van der Waals surface area contributed by atoms with Gasteiger partial charge in [-0.1, -0.05) is 6.07 Å². The van der Waals surface area contributed by atoms with E-state index in [0.29, 0.717) is 6.54 Å². The fraction of sp³-hybridized carbons (Fsp3) is 0.308. The summed E-state index contributed by atoms with van der Waals surface area (Å²) < 4.78 is 7.09. The Labute approximate surface area is 101 Å². The molecule has 1 heterocycles. The Morgan fingerprint density at radius 3 is 2.94 bits per heavy atom. The summed E-state index contributed by atoms with van der Waals surface area (Å²) in [5, 5.41) is 4.27. The molecule has 0 aliphatic heterocycles. The number of ether oxygens (including phenoxy) is 1. The summed E-state index contributed by atoms with van der Waals surface area (Å²) in [6.07, 6.45) is 3.87. The Bertz CT molecular complexity index is 505. The van der Waals surface area contributed by atoms with Crippen molar-refractivity contribution in [1.29, 1.82) is 0 Å². The Hall–Kier alpha value is -1.81. The SMILES string of the molecule is COc1ccc(C)c(-c2cnn(CCN)c2)c1. The van der Waals surface area contributed by atoms with Gasteiger partial charge in [0, 0.05) is 18.3 Å². The van der Waals surface area contributed by atoms with E-state index in [1.807, 2.05) is 29.2 Å². The molecule has 2 rings (SSSR count). The highest BCUT2D eigenvalue weighted by Crippen LogP contribution is 2.27. The lowest BCUT2D eigenvalue weighted by Gasteiger charge is -2.06. The molecule has 2 aromatic rings. The van der Waals surface area contributed by atoms with E-state index < -0.39 is 0 Å². The summed E-state index contributed by atoms with van der Waals surface area (Å²) in [5.74, 6) is 0.858. The first-order chi connectivity index (χ1) is 8.24. The number of benzene rings is 1. The highest BCUT2D eigenvalue weighted by atomic mass is 16.5. The first-order valence-corrected chi connectivity index (χ1v) is 5.62. The molecule has 0 bridgehead atoms. The maximum atomic E-state index is 5.50. The van der Waals surface area contributed by atoms with Gasteiger partial charge in [0.1, 0.15) is 5.75 Å². The largest absolute Gasteiger partial charge is 0.497 e. The van der Waals surface area contributed by atoms with Gasteiger partial charge in [-0.15, -0.1) is 0 Å². The molecule has 4 nitrogen and oxygen atoms in total. The molecule has 0 aliphatic rings. The molecule has 0 saturated carbocycles. The topological polar surface area (TPSA) is 53.1 Å². The van der Waals surface area contributed by atoms with Crippen molar-refractivity contribution in [3.8, 4) is 16.9 Å². The van der Waals surface area contributed by atoms with Crippen LogP contribution in [-0.4, -0.2) is 23.4 Å². The smallest absolute Gasteiger partial charge is 0.119 e. The second-order valence-corrected chi connectivity index (χ2v) is 3.96. The standard InChI is InChI=1S/C13H17N3O/c1-10-3-4-12(17-2)7-13(10)11-8-15-16(9-11)6-5-14/h3-4,7-9H,5-6,14H2,1-2H3. The van der Waals surface area contributed by atoms with E-state index in [1.165, 1.54) is 5.56 Å². The predicted molar refractivity (Wildman–Crippen MR) is 68.0 cm³/mol. The van der Waals surface area contributed by atoms with Crippen molar-refractivity contribution < 1.29 is 4.74 Å². The minimum absolute atomic E-state index is 0.595. The van der Waals surface area contributed by atoms with E-state index in [-0.39, 0.29) is 0 Å². The fourth-order valence-electron chi connectivity index (χ4n) is 1.80. The zero-order valence-corrected chi connectivity index (χ0v) is 10.2. The highest BCUT2D eigenvalue weighted by Gasteiger charge is 2.06. The first kappa shape index (κ1) is 11.7. The number of methoxy groups -OCH3 is 1. The van der Waals surface area contributed by atoms with Crippen LogP contribution in [0.3, 0.4) is 0 Å². The third kappa shape index (κ3) is 2.47. The van der Waals surface area contributed by atoms with Crippen molar-refractivity contribution >= 4 is 0 Å². The molecule has 17 heavy (non-hydrogen) atoms. The van der Waals surface area contributed by atoms with Crippen molar-refractivity contribution in [2.24, 2.45) is 5.73 Å². The van der Waals surface area contributed by atoms with Crippen molar-refractivity contribution in [2.75, 3.05) is 13.7 Å². The summed E-state index contributed by atoms with van der Waals surface area (Å²) in [4.78, 5) is 0. The van der Waals surface area contributed by atoms with Gasteiger partial charge in [-0.2, -0.15) is 5.10 Å². The minimum atomic E-state index is 0.595. The Morgan fingerprint density at radius 2 is 2.24 bits per heavy atom. The number of aryl methyl sites for hydroxylation is 1. The minimum Gasteiger partial charge on any atom is -0.497 e. The quantitative estimate of drug-likeness (QED) is 0.873. The monoisotopic (exact) mass is 231 g/mol. The second kappa shape index (κ2) is 5.01. The lowest BCUT2D eigenvalue weighted by Crippen LogP contribution is -2.09. The Kier molecular flexibility index (Phi) is 3.44. The highest BCUT2D eigenvalue weighted by molar-refractivity contribution is 5.67. The zero-order valence-electron chi connectivity index (χ0n) is 10.2. The summed E-state index contributed by atoms with van der Waals surface area (Å²) in [6, 6.07) is 6.04. The average Bonchev–Trinajstić information content (AvgIpc) is 2.79. The van der Waals surface area contributed by atoms with Crippen LogP contribution in [-0.2, 0) is 6.54 Å². The molecule has 4 heteroatoms. The molecule has 1 aromatic heterocycles. The van der Waals surface area contributed by atoms with Crippen molar-refractivity contribution in [3.05, 3.63) is 36.2 Å². The van der Waals surface area contributed by atoms with Crippen molar-refractivity contribution in [1.82, 2.24) is 9.78 Å². The lowest BCUT2D eigenvalue weighted by molar-refractivity contribution is 0.415. The third-order valence-electron chi connectivity index (χ3n) is 2.75. The maximum absolute atomic E-state index is 5.50. The first-order valence-electron chi connectivity index (χ1n) is 5.62. The number of nitrogens with zero attached hydrogens (tertiary/aromatic N) is 2. The molecule has 0 spiro atoms. The number of nitrogens with two attached hydrogens (primary N) is 1. The van der Waals surface area contributed by atoms with E-state index in [4.69, 9.17) is 10.5 Å². The van der Waals surface area contributed by atoms with Gasteiger partial charge in [0.05, 0.1) is 19.9 Å². The molecular formula is C13H17N3O. The Balaban J connectivity index is 2.37. The molecule has 0 saturated heterocycles. The molecule has 0 atom stereocenters. The van der Waals surface area contributed by atoms with Gasteiger partial charge >= 0.3 is 0 Å². The molecule has 0 amide bonds. The molecule has 0 fully saturated rings. The van der Waals surface area contributed by atoms with E-state index in [2.05, 4.69) is 18.1 Å². The predicted octanol–water partition coefficient (Wildman–Crippen LogP) is 1.83. The second-order valence-electron chi connectivity index (χ2n) is 3.96. The molecule has 0 unspecified atom stereocenters. The normalized spacial score (nSPS) is 10.5. The van der Waals surface area contributed by atoms with E-state index in [0.717, 1.165) is 23.4 Å². The van der Waals surface area contributed by atoms with Crippen LogP contribution in [0.25, 0.3) is 11.1 Å². The molecular weight excluding hydrogens is 214 g/mol. The molecule has 1 aromatic carbocycles. The Morgan fingerprint density at radius 1 is 1.41 bits per heavy atom. The van der Waals surface area contributed by atoms with Crippen LogP contribution in [0.2, 0.25) is 0 Å². The molecule has 0 aliphatic carbocycles. The van der Waals surface area contributed by atoms with Crippen LogP contribution < -0.4 is 10.5 Å². The lowest BCUT2D eigenvalue weighted by atomic mass is 10.0. The summed E-state index contributed by atoms with van der Waals surface area (Å²) in [7, 11) is 1.67. The molecule has 2 N–H and O–H groups in total. The summed E-state index contributed by atoms with van der Waals surface area (Å²) in [5.41, 5.74) is 8.95. The van der Waals surface area contributed by atoms with Crippen LogP contribution in [0.4, 0.5) is 0 Å². The van der Waals surface area contributed by atoms with Gasteiger partial charge in [-0.3, -0.25) is 4.68 Å². The van der Waals surface area contributed by atoms with Gasteiger partial charge in [-0.05, 0) is 30.2 Å². The number of aromatic nitrogens is 2. The van der Waals surface area contributed by atoms with Gasteiger partial charge in [0.2, 0.25) is 0 Å². The van der Waals surface area contributed by atoms with Gasteiger partial charge in [0.25, 0.3) is 0 Å². The van der Waals surface area contributed by atoms with Gasteiger partial charge in [0.15, 0.2) is 0 Å². The fourth-order valence-corrected chi connectivity index (χ4v) is 1.80. The van der Waals surface area contributed by atoms with Gasteiger partial charge in [-0.25, -0.2) is 0 Å². The summed E-state index contributed by atoms with van der Waals surface area (Å²) in [6.45, 7) is 3.41. The van der Waals surface area contributed by atoms with E-state index in [9.17, 15) is 0 Å². The zero-order chi connectivity index (χ0) is 12.3. The van der Waals surface area contributed by atoms with Crippen LogP contribution in [0.1, 0.15) is 5.56 Å². The number of hydrogen-bond acceptors (Lipinski definition) is 3.